The van der Waals surface area contributed by atoms with E-state index in [0.29, 0.717) is 6.42 Å². The lowest BCUT2D eigenvalue weighted by Gasteiger charge is -2.19. The van der Waals surface area contributed by atoms with Gasteiger partial charge < -0.3 is 15.0 Å². The van der Waals surface area contributed by atoms with Crippen LogP contribution in [0.5, 0.6) is 0 Å². The zero-order valence-electron chi connectivity index (χ0n) is 15.3. The van der Waals surface area contributed by atoms with Gasteiger partial charge in [-0.15, -0.1) is 0 Å². The number of halogens is 1. The molecule has 1 aromatic carbocycles. The Morgan fingerprint density at radius 1 is 1.32 bits per heavy atom. The van der Waals surface area contributed by atoms with Crippen LogP contribution in [0, 0.1) is 11.7 Å². The molecule has 0 aliphatic carbocycles. The van der Waals surface area contributed by atoms with Gasteiger partial charge in [0.05, 0.1) is 23.1 Å². The van der Waals surface area contributed by atoms with E-state index in [4.69, 9.17) is 4.74 Å². The minimum Gasteiger partial charge on any atom is -0.452 e. The molecule has 2 saturated heterocycles. The summed E-state index contributed by atoms with van der Waals surface area (Å²) in [6, 6.07) is 5.27. The number of nitrogens with zero attached hydrogens (tertiary/aromatic N) is 1. The molecular formula is C18H21FN2O6S. The van der Waals surface area contributed by atoms with Crippen LogP contribution in [-0.4, -0.2) is 56.4 Å². The number of amides is 2. The summed E-state index contributed by atoms with van der Waals surface area (Å²) >= 11 is 0. The van der Waals surface area contributed by atoms with Gasteiger partial charge in [-0.05, 0) is 25.5 Å². The molecule has 1 N–H and O–H groups in total. The monoisotopic (exact) mass is 412 g/mol. The number of anilines is 1. The molecule has 0 aromatic heterocycles. The van der Waals surface area contributed by atoms with Crippen LogP contribution in [0.15, 0.2) is 24.3 Å². The van der Waals surface area contributed by atoms with Gasteiger partial charge in [0.25, 0.3) is 5.91 Å². The van der Waals surface area contributed by atoms with Crippen LogP contribution in [-0.2, 0) is 29.0 Å². The van der Waals surface area contributed by atoms with Crippen molar-refractivity contribution in [1.82, 2.24) is 5.32 Å². The van der Waals surface area contributed by atoms with Gasteiger partial charge in [-0.3, -0.25) is 14.4 Å². The summed E-state index contributed by atoms with van der Waals surface area (Å²) in [5.41, 5.74) is 0.0936. The summed E-state index contributed by atoms with van der Waals surface area (Å²) < 4.78 is 41.9. The second kappa shape index (κ2) is 7.86. The van der Waals surface area contributed by atoms with Crippen LogP contribution in [0.25, 0.3) is 0 Å². The maximum absolute atomic E-state index is 13.9. The topological polar surface area (TPSA) is 110 Å². The number of carbonyl (C=O) groups excluding carboxylic acids is 3. The summed E-state index contributed by atoms with van der Waals surface area (Å²) in [6.07, 6.45) is -0.945. The molecule has 0 radical (unpaired) electrons. The highest BCUT2D eigenvalue weighted by molar-refractivity contribution is 7.91. The fraction of sp³-hybridized carbons (Fsp3) is 0.500. The summed E-state index contributed by atoms with van der Waals surface area (Å²) in [7, 11) is -3.14. The minimum absolute atomic E-state index is 0.0161. The number of nitrogens with one attached hydrogen (secondary N) is 1. The average molecular weight is 412 g/mol. The lowest BCUT2D eigenvalue weighted by Crippen LogP contribution is -2.43. The van der Waals surface area contributed by atoms with E-state index in [-0.39, 0.29) is 30.2 Å². The molecule has 0 spiro atoms. The molecule has 2 fully saturated rings. The van der Waals surface area contributed by atoms with E-state index in [2.05, 4.69) is 5.32 Å². The fourth-order valence-electron chi connectivity index (χ4n) is 3.32. The molecule has 10 heteroatoms. The van der Waals surface area contributed by atoms with E-state index in [1.54, 1.807) is 6.07 Å². The third kappa shape index (κ3) is 4.49. The molecule has 2 heterocycles. The first-order chi connectivity index (χ1) is 13.2. The van der Waals surface area contributed by atoms with Crippen molar-refractivity contribution < 1.29 is 31.9 Å². The van der Waals surface area contributed by atoms with Gasteiger partial charge in [-0.25, -0.2) is 12.8 Å². The van der Waals surface area contributed by atoms with Gasteiger partial charge in [0.1, 0.15) is 5.82 Å². The average Bonchev–Trinajstić information content (AvgIpc) is 3.17. The predicted octanol–water partition coefficient (Wildman–Crippen LogP) is 0.414. The molecule has 0 bridgehead atoms. The van der Waals surface area contributed by atoms with Crippen molar-refractivity contribution >= 4 is 33.3 Å². The van der Waals surface area contributed by atoms with E-state index in [0.717, 1.165) is 0 Å². The Balaban J connectivity index is 1.55. The Kier molecular flexibility index (Phi) is 5.69. The molecule has 0 saturated carbocycles. The summed E-state index contributed by atoms with van der Waals surface area (Å²) in [4.78, 5) is 37.8. The standard InChI is InChI=1S/C18H21FN2O6S/c1-11(17(23)20-13-6-7-28(25,26)10-13)27-18(24)12-8-16(22)21(9-12)15-5-3-2-4-14(15)19/h2-5,11-13H,6-10H2,1H3,(H,20,23)/t11-,12+,13-/m0/s1. The molecule has 1 aromatic rings. The summed E-state index contributed by atoms with van der Waals surface area (Å²) in [6.45, 7) is 1.34. The van der Waals surface area contributed by atoms with Crippen LogP contribution in [0.2, 0.25) is 0 Å². The number of benzene rings is 1. The van der Waals surface area contributed by atoms with Crippen molar-refractivity contribution in [2.24, 2.45) is 5.92 Å². The van der Waals surface area contributed by atoms with Crippen LogP contribution < -0.4 is 10.2 Å². The Hall–Kier alpha value is -2.49. The van der Waals surface area contributed by atoms with Crippen LogP contribution in [0.4, 0.5) is 10.1 Å². The zero-order chi connectivity index (χ0) is 20.5. The SMILES string of the molecule is C[C@H](OC(=O)[C@@H]1CC(=O)N(c2ccccc2F)C1)C(=O)N[C@H]1CCS(=O)(=O)C1. The van der Waals surface area contributed by atoms with Crippen molar-refractivity contribution in [3.05, 3.63) is 30.1 Å². The van der Waals surface area contributed by atoms with Crippen molar-refractivity contribution in [2.45, 2.75) is 31.9 Å². The zero-order valence-corrected chi connectivity index (χ0v) is 16.1. The molecule has 152 valence electrons. The third-order valence-electron chi connectivity index (χ3n) is 4.84. The van der Waals surface area contributed by atoms with E-state index >= 15 is 0 Å². The normalized spacial score (nSPS) is 24.8. The smallest absolute Gasteiger partial charge is 0.312 e. The molecule has 2 aliphatic heterocycles. The lowest BCUT2D eigenvalue weighted by molar-refractivity contribution is -0.158. The Labute approximate surface area is 161 Å². The van der Waals surface area contributed by atoms with Crippen molar-refractivity contribution in [1.29, 1.82) is 0 Å². The number of sulfone groups is 1. The molecule has 3 rings (SSSR count). The highest BCUT2D eigenvalue weighted by atomic mass is 32.2. The van der Waals surface area contributed by atoms with Gasteiger partial charge in [-0.2, -0.15) is 0 Å². The van der Waals surface area contributed by atoms with E-state index < -0.39 is 51.5 Å². The van der Waals surface area contributed by atoms with Crippen LogP contribution in [0.1, 0.15) is 19.8 Å². The largest absolute Gasteiger partial charge is 0.452 e. The van der Waals surface area contributed by atoms with E-state index in [1.807, 2.05) is 0 Å². The number of ether oxygens (including phenoxy) is 1. The van der Waals surface area contributed by atoms with Gasteiger partial charge in [0.15, 0.2) is 15.9 Å². The highest BCUT2D eigenvalue weighted by Gasteiger charge is 2.38. The Morgan fingerprint density at radius 2 is 2.04 bits per heavy atom. The van der Waals surface area contributed by atoms with Crippen molar-refractivity contribution in [3.8, 4) is 0 Å². The third-order valence-corrected chi connectivity index (χ3v) is 6.61. The first kappa shape index (κ1) is 20.2. The Morgan fingerprint density at radius 3 is 2.68 bits per heavy atom. The molecule has 2 amide bonds. The Bertz CT molecular complexity index is 903. The van der Waals surface area contributed by atoms with Gasteiger partial charge in [0.2, 0.25) is 5.91 Å². The van der Waals surface area contributed by atoms with Crippen LogP contribution in [0.3, 0.4) is 0 Å². The predicted molar refractivity (Wildman–Crippen MR) is 97.6 cm³/mol. The summed E-state index contributed by atoms with van der Waals surface area (Å²) in [5.74, 6) is -3.21. The van der Waals surface area contributed by atoms with Crippen LogP contribution >= 0.6 is 0 Å². The number of hydrogen-bond donors (Lipinski definition) is 1. The first-order valence-corrected chi connectivity index (χ1v) is 10.7. The molecular weight excluding hydrogens is 391 g/mol. The number of carbonyl (C=O) groups is 3. The van der Waals surface area contributed by atoms with Gasteiger partial charge >= 0.3 is 5.97 Å². The molecule has 3 atom stereocenters. The van der Waals surface area contributed by atoms with Gasteiger partial charge in [0, 0.05) is 19.0 Å². The maximum atomic E-state index is 13.9. The molecule has 0 unspecified atom stereocenters. The lowest BCUT2D eigenvalue weighted by atomic mass is 10.1. The second-order valence-electron chi connectivity index (χ2n) is 7.04. The molecule has 28 heavy (non-hydrogen) atoms. The highest BCUT2D eigenvalue weighted by Crippen LogP contribution is 2.28. The number of esters is 1. The van der Waals surface area contributed by atoms with E-state index in [1.165, 1.54) is 30.0 Å². The quantitative estimate of drug-likeness (QED) is 0.702. The number of para-hydroxylation sites is 1. The maximum Gasteiger partial charge on any atom is 0.312 e. The van der Waals surface area contributed by atoms with E-state index in [9.17, 15) is 27.2 Å². The number of hydrogen-bond acceptors (Lipinski definition) is 6. The molecule has 8 nitrogen and oxygen atoms in total. The van der Waals surface area contributed by atoms with Crippen molar-refractivity contribution in [3.63, 3.8) is 0 Å². The number of rotatable bonds is 5. The van der Waals surface area contributed by atoms with Gasteiger partial charge in [-0.1, -0.05) is 12.1 Å². The minimum atomic E-state index is -3.14. The second-order valence-corrected chi connectivity index (χ2v) is 9.27. The van der Waals surface area contributed by atoms with Crippen molar-refractivity contribution in [2.75, 3.05) is 23.0 Å². The molecule has 2 aliphatic rings. The first-order valence-electron chi connectivity index (χ1n) is 8.92. The summed E-state index contributed by atoms with van der Waals surface area (Å²) in [5, 5.41) is 2.56. The fourth-order valence-corrected chi connectivity index (χ4v) is 4.99.